The number of piperazine rings is 1. The molecule has 0 saturated carbocycles. The summed E-state index contributed by atoms with van der Waals surface area (Å²) >= 11 is 0. The van der Waals surface area contributed by atoms with Crippen LogP contribution in [0.3, 0.4) is 0 Å². The zero-order valence-corrected chi connectivity index (χ0v) is 24.3. The number of alkyl halides is 3. The molecule has 2 aromatic carbocycles. The van der Waals surface area contributed by atoms with Gasteiger partial charge in [0.2, 0.25) is 0 Å². The van der Waals surface area contributed by atoms with Gasteiger partial charge in [0.05, 0.1) is 38.8 Å². The average Bonchev–Trinajstić information content (AvgIpc) is 3.39. The molecule has 44 heavy (non-hydrogen) atoms. The number of amides is 1. The van der Waals surface area contributed by atoms with Crippen molar-refractivity contribution in [3.05, 3.63) is 76.6 Å². The van der Waals surface area contributed by atoms with Gasteiger partial charge in [0, 0.05) is 48.4 Å². The van der Waals surface area contributed by atoms with E-state index in [1.54, 1.807) is 36.1 Å². The van der Waals surface area contributed by atoms with E-state index in [4.69, 9.17) is 9.47 Å². The van der Waals surface area contributed by atoms with Gasteiger partial charge in [0.1, 0.15) is 17.1 Å². The second kappa shape index (κ2) is 12.0. The highest BCUT2D eigenvalue weighted by atomic mass is 19.4. The van der Waals surface area contributed by atoms with Crippen LogP contribution in [0.4, 0.5) is 22.0 Å². The van der Waals surface area contributed by atoms with Gasteiger partial charge < -0.3 is 19.5 Å². The van der Waals surface area contributed by atoms with E-state index >= 15 is 0 Å². The standard InChI is InChI=1S/C30H30F5N5O4/c1-16-14-38(24(15-41)21-11-19(31)12-23(32)26(21)44-4)9-10-39(16)29(42)22-13-36-40-27(30(33,34)35)17(2)25(37-28(22)40)18-5-7-20(43-3)8-6-18/h5-8,11-13,16,24,41H,9-10,14-15H2,1-4H3/t16-,24?/m1/s1. The van der Waals surface area contributed by atoms with Crippen molar-refractivity contribution in [3.8, 4) is 22.8 Å². The zero-order chi connectivity index (χ0) is 31.9. The number of aliphatic hydroxyl groups excluding tert-OH is 1. The van der Waals surface area contributed by atoms with Gasteiger partial charge in [-0.1, -0.05) is 0 Å². The van der Waals surface area contributed by atoms with Crippen molar-refractivity contribution in [1.82, 2.24) is 24.4 Å². The fraction of sp³-hybridized carbons (Fsp3) is 0.367. The van der Waals surface area contributed by atoms with Crippen LogP contribution in [0.25, 0.3) is 16.9 Å². The number of aromatic nitrogens is 3. The summed E-state index contributed by atoms with van der Waals surface area (Å²) in [6.07, 6.45) is -3.72. The molecule has 9 nitrogen and oxygen atoms in total. The van der Waals surface area contributed by atoms with Crippen LogP contribution >= 0.6 is 0 Å². The number of hydrogen-bond acceptors (Lipinski definition) is 7. The Kier molecular flexibility index (Phi) is 8.49. The van der Waals surface area contributed by atoms with Gasteiger partial charge in [0.25, 0.3) is 5.91 Å². The van der Waals surface area contributed by atoms with Gasteiger partial charge in [-0.05, 0) is 44.2 Å². The Morgan fingerprint density at radius 3 is 2.41 bits per heavy atom. The number of aliphatic hydroxyl groups is 1. The zero-order valence-electron chi connectivity index (χ0n) is 24.3. The number of nitrogens with zero attached hydrogens (tertiary/aromatic N) is 5. The second-order valence-corrected chi connectivity index (χ2v) is 10.5. The molecule has 5 rings (SSSR count). The average molecular weight is 620 g/mol. The van der Waals surface area contributed by atoms with Crippen molar-refractivity contribution in [2.75, 3.05) is 40.5 Å². The largest absolute Gasteiger partial charge is 0.497 e. The van der Waals surface area contributed by atoms with Gasteiger partial charge in [-0.15, -0.1) is 0 Å². The lowest BCUT2D eigenvalue weighted by atomic mass is 10.0. The Balaban J connectivity index is 1.48. The number of carbonyl (C=O) groups is 1. The first kappa shape index (κ1) is 31.1. The van der Waals surface area contributed by atoms with E-state index in [9.17, 15) is 31.9 Å². The first-order valence-corrected chi connectivity index (χ1v) is 13.7. The molecule has 1 amide bonds. The highest BCUT2D eigenvalue weighted by molar-refractivity contribution is 6.00. The summed E-state index contributed by atoms with van der Waals surface area (Å²) in [5.74, 6) is -2.00. The van der Waals surface area contributed by atoms with Gasteiger partial charge in [-0.2, -0.15) is 18.3 Å². The molecule has 1 saturated heterocycles. The second-order valence-electron chi connectivity index (χ2n) is 10.5. The minimum absolute atomic E-state index is 0.0435. The number of benzene rings is 2. The Hall–Kier alpha value is -4.30. The molecule has 1 aliphatic rings. The first-order valence-electron chi connectivity index (χ1n) is 13.7. The minimum atomic E-state index is -4.80. The van der Waals surface area contributed by atoms with E-state index < -0.39 is 48.1 Å². The smallest absolute Gasteiger partial charge is 0.433 e. The van der Waals surface area contributed by atoms with Crippen molar-refractivity contribution < 1.29 is 41.3 Å². The summed E-state index contributed by atoms with van der Waals surface area (Å²) < 4.78 is 82.4. The Bertz CT molecular complexity index is 1690. The van der Waals surface area contributed by atoms with Gasteiger partial charge in [-0.3, -0.25) is 9.69 Å². The number of fused-ring (bicyclic) bond motifs is 1. The van der Waals surface area contributed by atoms with Crippen LogP contribution in [0.5, 0.6) is 11.5 Å². The summed E-state index contributed by atoms with van der Waals surface area (Å²) in [6.45, 7) is 3.04. The third kappa shape index (κ3) is 5.54. The van der Waals surface area contributed by atoms with Crippen molar-refractivity contribution >= 4 is 11.6 Å². The minimum Gasteiger partial charge on any atom is -0.497 e. The van der Waals surface area contributed by atoms with E-state index in [2.05, 4.69) is 10.1 Å². The highest BCUT2D eigenvalue weighted by Gasteiger charge is 2.40. The first-order chi connectivity index (χ1) is 20.9. The molecule has 0 radical (unpaired) electrons. The molecule has 234 valence electrons. The SMILES string of the molecule is COc1ccc(-c2nc3c(C(=O)N4CCN(C(CO)c5cc(F)cc(F)c5OC)C[C@H]4C)cnn3c(C(F)(F)F)c2C)cc1. The lowest BCUT2D eigenvalue weighted by Gasteiger charge is -2.43. The van der Waals surface area contributed by atoms with E-state index in [0.29, 0.717) is 21.9 Å². The number of hydrogen-bond donors (Lipinski definition) is 1. The van der Waals surface area contributed by atoms with Crippen LogP contribution in [0, 0.1) is 18.6 Å². The molecular formula is C30H30F5N5O4. The summed E-state index contributed by atoms with van der Waals surface area (Å²) in [5, 5.41) is 14.1. The monoisotopic (exact) mass is 619 g/mol. The van der Waals surface area contributed by atoms with Gasteiger partial charge >= 0.3 is 6.18 Å². The van der Waals surface area contributed by atoms with Crippen LogP contribution in [0.15, 0.2) is 42.6 Å². The maximum absolute atomic E-state index is 14.4. The molecule has 1 fully saturated rings. The maximum atomic E-state index is 14.4. The predicted molar refractivity (Wildman–Crippen MR) is 150 cm³/mol. The molecule has 0 bridgehead atoms. The molecule has 0 aliphatic carbocycles. The molecule has 3 heterocycles. The molecule has 14 heteroatoms. The molecule has 0 spiro atoms. The molecule has 4 aromatic rings. The summed E-state index contributed by atoms with van der Waals surface area (Å²) in [4.78, 5) is 21.6. The summed E-state index contributed by atoms with van der Waals surface area (Å²) in [5.41, 5.74) is -1.00. The molecule has 2 atom stereocenters. The predicted octanol–water partition coefficient (Wildman–Crippen LogP) is 4.90. The Morgan fingerprint density at radius 2 is 1.82 bits per heavy atom. The third-order valence-corrected chi connectivity index (χ3v) is 7.88. The van der Waals surface area contributed by atoms with Crippen molar-refractivity contribution in [3.63, 3.8) is 0 Å². The van der Waals surface area contributed by atoms with Crippen LogP contribution < -0.4 is 9.47 Å². The molecule has 2 aromatic heterocycles. The Labute approximate surface area is 249 Å². The van der Waals surface area contributed by atoms with E-state index in [-0.39, 0.29) is 53.4 Å². The molecule has 1 N–H and O–H groups in total. The Morgan fingerprint density at radius 1 is 1.11 bits per heavy atom. The van der Waals surface area contributed by atoms with Crippen molar-refractivity contribution in [2.45, 2.75) is 32.1 Å². The highest BCUT2D eigenvalue weighted by Crippen LogP contribution is 2.38. The third-order valence-electron chi connectivity index (χ3n) is 7.88. The lowest BCUT2D eigenvalue weighted by Crippen LogP contribution is -2.55. The summed E-state index contributed by atoms with van der Waals surface area (Å²) in [6, 6.07) is 6.82. The number of carbonyl (C=O) groups excluding carboxylic acids is 1. The quantitative estimate of drug-likeness (QED) is 0.295. The maximum Gasteiger partial charge on any atom is 0.433 e. The van der Waals surface area contributed by atoms with E-state index in [1.807, 2.05) is 0 Å². The molecule has 1 unspecified atom stereocenters. The van der Waals surface area contributed by atoms with Crippen LogP contribution in [0.1, 0.15) is 40.1 Å². The number of rotatable bonds is 7. The fourth-order valence-electron chi connectivity index (χ4n) is 5.77. The van der Waals surface area contributed by atoms with Gasteiger partial charge in [-0.25, -0.2) is 18.3 Å². The molecular weight excluding hydrogens is 589 g/mol. The van der Waals surface area contributed by atoms with Crippen LogP contribution in [-0.4, -0.2) is 81.9 Å². The van der Waals surface area contributed by atoms with Crippen LogP contribution in [0.2, 0.25) is 0 Å². The van der Waals surface area contributed by atoms with Crippen molar-refractivity contribution in [2.24, 2.45) is 0 Å². The summed E-state index contributed by atoms with van der Waals surface area (Å²) in [7, 11) is 2.71. The number of ether oxygens (including phenoxy) is 2. The topological polar surface area (TPSA) is 92.4 Å². The number of halogens is 5. The van der Waals surface area contributed by atoms with Crippen molar-refractivity contribution in [1.29, 1.82) is 0 Å². The lowest BCUT2D eigenvalue weighted by molar-refractivity contribution is -0.143. The normalized spacial score (nSPS) is 16.8. The fourth-order valence-corrected chi connectivity index (χ4v) is 5.77. The van der Waals surface area contributed by atoms with E-state index in [0.717, 1.165) is 12.3 Å². The molecule has 1 aliphatic heterocycles. The van der Waals surface area contributed by atoms with E-state index in [1.165, 1.54) is 26.0 Å². The van der Waals surface area contributed by atoms with Crippen LogP contribution in [-0.2, 0) is 6.18 Å². The van der Waals surface area contributed by atoms with Gasteiger partial charge in [0.15, 0.2) is 22.9 Å². The number of methoxy groups -OCH3 is 2.